The molecule has 0 aliphatic carbocycles. The first-order valence-corrected chi connectivity index (χ1v) is 15.4. The third kappa shape index (κ3) is 15.2. The second-order valence-electron chi connectivity index (χ2n) is 10.8. The fraction of sp³-hybridized carbons (Fsp3) is 0.812. The molecular formula is C32H59BO. The van der Waals surface area contributed by atoms with Crippen molar-refractivity contribution in [2.45, 2.75) is 161 Å². The summed E-state index contributed by atoms with van der Waals surface area (Å²) >= 11 is 0. The van der Waals surface area contributed by atoms with Crippen molar-refractivity contribution < 1.29 is 4.74 Å². The van der Waals surface area contributed by atoms with Gasteiger partial charge < -0.3 is 4.74 Å². The van der Waals surface area contributed by atoms with E-state index in [0.717, 1.165) is 12.5 Å². The van der Waals surface area contributed by atoms with E-state index in [2.05, 4.69) is 45.0 Å². The number of rotatable bonds is 24. The molecule has 2 heteroatoms. The first-order chi connectivity index (χ1) is 16.8. The summed E-state index contributed by atoms with van der Waals surface area (Å²) < 4.78 is 5.63. The SMILES string of the molecule is CCCCCCCCB(CCCCCCCC)C(CCCCCCCC)c1cccc(OC)c1. The molecule has 0 radical (unpaired) electrons. The highest BCUT2D eigenvalue weighted by atomic mass is 16.5. The monoisotopic (exact) mass is 470 g/mol. The van der Waals surface area contributed by atoms with Crippen LogP contribution in [0.1, 0.15) is 154 Å². The topological polar surface area (TPSA) is 9.23 Å². The van der Waals surface area contributed by atoms with Crippen LogP contribution in [0.3, 0.4) is 0 Å². The Hall–Kier alpha value is -0.915. The van der Waals surface area contributed by atoms with Gasteiger partial charge in [-0.15, -0.1) is 0 Å². The Bertz CT molecular complexity index is 542. The van der Waals surface area contributed by atoms with Gasteiger partial charge in [-0.1, -0.05) is 168 Å². The van der Waals surface area contributed by atoms with Crippen LogP contribution in [0.4, 0.5) is 0 Å². The van der Waals surface area contributed by atoms with E-state index in [1.165, 1.54) is 140 Å². The molecule has 0 saturated carbocycles. The number of unbranched alkanes of at least 4 members (excludes halogenated alkanes) is 15. The smallest absolute Gasteiger partial charge is 0.148 e. The molecule has 0 aromatic heterocycles. The van der Waals surface area contributed by atoms with Crippen LogP contribution in [0.15, 0.2) is 24.3 Å². The Labute approximate surface area is 215 Å². The lowest BCUT2D eigenvalue weighted by molar-refractivity contribution is 0.414. The fourth-order valence-corrected chi connectivity index (χ4v) is 5.61. The minimum atomic E-state index is 0.701. The molecule has 0 aliphatic heterocycles. The highest BCUT2D eigenvalue weighted by Gasteiger charge is 2.26. The summed E-state index contributed by atoms with van der Waals surface area (Å²) in [4.78, 5) is 0. The second kappa shape index (κ2) is 22.5. The zero-order chi connectivity index (χ0) is 24.7. The largest absolute Gasteiger partial charge is 0.497 e. The predicted octanol–water partition coefficient (Wildman–Crippen LogP) is 11.3. The fourth-order valence-electron chi connectivity index (χ4n) is 5.61. The molecule has 0 spiro atoms. The minimum Gasteiger partial charge on any atom is -0.497 e. The van der Waals surface area contributed by atoms with Gasteiger partial charge in [0.2, 0.25) is 0 Å². The summed E-state index contributed by atoms with van der Waals surface area (Å²) in [6, 6.07) is 9.06. The van der Waals surface area contributed by atoms with Gasteiger partial charge in [-0.25, -0.2) is 0 Å². The number of benzene rings is 1. The molecule has 0 fully saturated rings. The molecule has 1 aromatic rings. The molecule has 1 unspecified atom stereocenters. The van der Waals surface area contributed by atoms with Crippen LogP contribution in [-0.4, -0.2) is 13.8 Å². The van der Waals surface area contributed by atoms with Crippen molar-refractivity contribution in [1.82, 2.24) is 0 Å². The average Bonchev–Trinajstić information content (AvgIpc) is 2.87. The van der Waals surface area contributed by atoms with E-state index in [1.807, 2.05) is 7.11 Å². The van der Waals surface area contributed by atoms with Crippen LogP contribution in [0.5, 0.6) is 5.75 Å². The van der Waals surface area contributed by atoms with E-state index >= 15 is 0 Å². The first kappa shape index (κ1) is 31.1. The standard InChI is InChI=1S/C32H59BO/c1-5-8-11-14-17-20-26-32(30-24-23-25-31(29-30)34-4)33(27-21-18-15-12-9-6-2)28-22-19-16-13-10-7-3/h23-25,29,32H,5-22,26-28H2,1-4H3. The van der Waals surface area contributed by atoms with E-state index in [4.69, 9.17) is 4.74 Å². The highest BCUT2D eigenvalue weighted by Crippen LogP contribution is 2.33. The van der Waals surface area contributed by atoms with Crippen molar-refractivity contribution in [3.63, 3.8) is 0 Å². The molecule has 1 aromatic carbocycles. The molecule has 0 amide bonds. The van der Waals surface area contributed by atoms with Crippen LogP contribution in [0.2, 0.25) is 12.6 Å². The van der Waals surface area contributed by atoms with Crippen molar-refractivity contribution in [3.8, 4) is 5.75 Å². The van der Waals surface area contributed by atoms with E-state index < -0.39 is 0 Å². The maximum absolute atomic E-state index is 5.63. The lowest BCUT2D eigenvalue weighted by Gasteiger charge is -2.26. The summed E-state index contributed by atoms with van der Waals surface area (Å²) in [5, 5.41) is 0. The quantitative estimate of drug-likeness (QED) is 0.108. The van der Waals surface area contributed by atoms with E-state index in [-0.39, 0.29) is 0 Å². The number of ether oxygens (including phenoxy) is 1. The molecule has 1 nitrogen and oxygen atoms in total. The van der Waals surface area contributed by atoms with Crippen molar-refractivity contribution in [2.75, 3.05) is 7.11 Å². The van der Waals surface area contributed by atoms with Gasteiger partial charge in [0.1, 0.15) is 12.5 Å². The van der Waals surface area contributed by atoms with Crippen molar-refractivity contribution in [2.24, 2.45) is 0 Å². The van der Waals surface area contributed by atoms with Crippen LogP contribution >= 0.6 is 0 Å². The van der Waals surface area contributed by atoms with E-state index in [0.29, 0.717) is 5.82 Å². The molecule has 1 rings (SSSR count). The summed E-state index contributed by atoms with van der Waals surface area (Å²) in [7, 11) is 1.81. The maximum atomic E-state index is 5.63. The van der Waals surface area contributed by atoms with Crippen molar-refractivity contribution >= 4 is 6.71 Å². The van der Waals surface area contributed by atoms with Gasteiger partial charge in [0.05, 0.1) is 7.11 Å². The summed E-state index contributed by atoms with van der Waals surface area (Å²) in [5.74, 6) is 1.73. The third-order valence-electron chi connectivity index (χ3n) is 7.82. The second-order valence-corrected chi connectivity index (χ2v) is 10.8. The normalized spacial score (nSPS) is 12.1. The number of methoxy groups -OCH3 is 1. The molecular weight excluding hydrogens is 411 g/mol. The zero-order valence-electron chi connectivity index (χ0n) is 23.7. The number of hydrogen-bond acceptors (Lipinski definition) is 1. The van der Waals surface area contributed by atoms with Crippen LogP contribution < -0.4 is 4.74 Å². The van der Waals surface area contributed by atoms with Crippen molar-refractivity contribution in [3.05, 3.63) is 29.8 Å². The summed E-state index contributed by atoms with van der Waals surface area (Å²) in [6.45, 7) is 7.78. The van der Waals surface area contributed by atoms with Gasteiger partial charge in [0.15, 0.2) is 0 Å². The molecule has 0 bridgehead atoms. The van der Waals surface area contributed by atoms with Crippen LogP contribution in [0.25, 0.3) is 0 Å². The van der Waals surface area contributed by atoms with Crippen LogP contribution in [0, 0.1) is 0 Å². The zero-order valence-corrected chi connectivity index (χ0v) is 23.7. The molecule has 34 heavy (non-hydrogen) atoms. The maximum Gasteiger partial charge on any atom is 0.148 e. The first-order valence-electron chi connectivity index (χ1n) is 15.4. The Balaban J connectivity index is 2.78. The average molecular weight is 471 g/mol. The Morgan fingerprint density at radius 1 is 0.618 bits per heavy atom. The molecule has 0 heterocycles. The van der Waals surface area contributed by atoms with Gasteiger partial charge in [0, 0.05) is 0 Å². The highest BCUT2D eigenvalue weighted by molar-refractivity contribution is 6.60. The van der Waals surface area contributed by atoms with E-state index in [1.54, 1.807) is 0 Å². The molecule has 1 atom stereocenters. The Morgan fingerprint density at radius 3 is 1.59 bits per heavy atom. The summed E-state index contributed by atoms with van der Waals surface area (Å²) in [5.41, 5.74) is 1.54. The van der Waals surface area contributed by atoms with Gasteiger partial charge in [-0.3, -0.25) is 0 Å². The predicted molar refractivity (Wildman–Crippen MR) is 156 cm³/mol. The van der Waals surface area contributed by atoms with Crippen molar-refractivity contribution in [1.29, 1.82) is 0 Å². The molecule has 0 aliphatic rings. The molecule has 196 valence electrons. The van der Waals surface area contributed by atoms with Gasteiger partial charge in [0.25, 0.3) is 0 Å². The van der Waals surface area contributed by atoms with Gasteiger partial charge in [-0.05, 0) is 23.5 Å². The lowest BCUT2D eigenvalue weighted by Crippen LogP contribution is -2.24. The molecule has 0 saturated heterocycles. The summed E-state index contributed by atoms with van der Waals surface area (Å²) in [6.07, 6.45) is 29.4. The van der Waals surface area contributed by atoms with Crippen LogP contribution in [-0.2, 0) is 0 Å². The number of hydrogen-bond donors (Lipinski definition) is 0. The third-order valence-corrected chi connectivity index (χ3v) is 7.82. The Morgan fingerprint density at radius 2 is 1.09 bits per heavy atom. The van der Waals surface area contributed by atoms with Gasteiger partial charge >= 0.3 is 0 Å². The lowest BCUT2D eigenvalue weighted by atomic mass is 9.34. The molecule has 0 N–H and O–H groups in total. The minimum absolute atomic E-state index is 0.701. The van der Waals surface area contributed by atoms with E-state index in [9.17, 15) is 0 Å². The Kier molecular flexibility index (Phi) is 20.6. The van der Waals surface area contributed by atoms with Gasteiger partial charge in [-0.2, -0.15) is 0 Å².